The number of aromatic nitrogens is 4. The lowest BCUT2D eigenvalue weighted by Crippen LogP contribution is -2.09. The summed E-state index contributed by atoms with van der Waals surface area (Å²) < 4.78 is 37.8. The molecule has 2 aromatic heterocycles. The van der Waals surface area contributed by atoms with Gasteiger partial charge in [0.05, 0.1) is 11.9 Å². The molecule has 0 aliphatic rings. The summed E-state index contributed by atoms with van der Waals surface area (Å²) in [6.07, 6.45) is -0.869. The molecular formula is C8H6F3N5. The van der Waals surface area contributed by atoms with Crippen molar-refractivity contribution < 1.29 is 13.2 Å². The molecule has 84 valence electrons. The highest BCUT2D eigenvalue weighted by molar-refractivity contribution is 5.50. The lowest BCUT2D eigenvalue weighted by Gasteiger charge is -2.03. The summed E-state index contributed by atoms with van der Waals surface area (Å²) >= 11 is 0. The van der Waals surface area contributed by atoms with E-state index < -0.39 is 11.9 Å². The molecule has 2 rings (SSSR count). The largest absolute Gasteiger partial charge is 0.435 e. The molecule has 0 unspecified atom stereocenters. The second kappa shape index (κ2) is 3.47. The first-order chi connectivity index (χ1) is 7.48. The van der Waals surface area contributed by atoms with Crippen LogP contribution in [-0.2, 0) is 6.18 Å². The van der Waals surface area contributed by atoms with Crippen molar-refractivity contribution in [2.24, 2.45) is 0 Å². The third kappa shape index (κ3) is 1.81. The highest BCUT2D eigenvalue weighted by Crippen LogP contribution is 2.28. The molecular weight excluding hydrogens is 223 g/mol. The van der Waals surface area contributed by atoms with Gasteiger partial charge in [-0.15, -0.1) is 0 Å². The number of nitrogen functional groups attached to an aromatic ring is 1. The number of nitrogens with zero attached hydrogens (tertiary/aromatic N) is 4. The second-order valence-corrected chi connectivity index (χ2v) is 2.94. The number of halogens is 3. The second-order valence-electron chi connectivity index (χ2n) is 2.94. The smallest absolute Gasteiger partial charge is 0.394 e. The Morgan fingerprint density at radius 3 is 2.62 bits per heavy atom. The number of alkyl halides is 3. The molecule has 2 heterocycles. The first kappa shape index (κ1) is 10.4. The molecule has 0 atom stereocenters. The highest BCUT2D eigenvalue weighted by atomic mass is 19.4. The van der Waals surface area contributed by atoms with E-state index in [0.29, 0.717) is 0 Å². The zero-order chi connectivity index (χ0) is 11.8. The highest BCUT2D eigenvalue weighted by Gasteiger charge is 2.33. The van der Waals surface area contributed by atoms with Gasteiger partial charge in [-0.2, -0.15) is 18.3 Å². The molecule has 0 saturated carbocycles. The molecule has 0 saturated heterocycles. The van der Waals surface area contributed by atoms with Crippen LogP contribution in [-0.4, -0.2) is 19.7 Å². The average Bonchev–Trinajstić information content (AvgIpc) is 2.66. The maximum absolute atomic E-state index is 12.3. The zero-order valence-corrected chi connectivity index (χ0v) is 7.81. The molecule has 2 N–H and O–H groups in total. The molecule has 2 aromatic rings. The molecule has 0 aliphatic heterocycles. The van der Waals surface area contributed by atoms with Crippen LogP contribution >= 0.6 is 0 Å². The van der Waals surface area contributed by atoms with E-state index in [1.54, 1.807) is 0 Å². The first-order valence-corrected chi connectivity index (χ1v) is 4.17. The molecule has 0 aliphatic carbocycles. The van der Waals surface area contributed by atoms with Gasteiger partial charge in [-0.3, -0.25) is 0 Å². The molecule has 0 amide bonds. The van der Waals surface area contributed by atoms with E-state index in [1.807, 2.05) is 0 Å². The fraction of sp³-hybridized carbons (Fsp3) is 0.125. The van der Waals surface area contributed by atoms with Crippen molar-refractivity contribution in [2.75, 3.05) is 5.73 Å². The van der Waals surface area contributed by atoms with Gasteiger partial charge >= 0.3 is 6.18 Å². The van der Waals surface area contributed by atoms with Crippen LogP contribution in [0, 0.1) is 0 Å². The van der Waals surface area contributed by atoms with Gasteiger partial charge in [0.1, 0.15) is 6.33 Å². The number of hydrogen-bond acceptors (Lipinski definition) is 4. The summed E-state index contributed by atoms with van der Waals surface area (Å²) in [6, 6.07) is 0.849. The lowest BCUT2D eigenvalue weighted by atomic mass is 10.4. The van der Waals surface area contributed by atoms with Gasteiger partial charge in [-0.05, 0) is 6.07 Å². The Balaban J connectivity index is 2.44. The predicted octanol–water partition coefficient (Wildman–Crippen LogP) is 1.26. The maximum Gasteiger partial charge on any atom is 0.435 e. The zero-order valence-electron chi connectivity index (χ0n) is 7.81. The normalized spacial score (nSPS) is 11.7. The van der Waals surface area contributed by atoms with E-state index in [4.69, 9.17) is 5.73 Å². The van der Waals surface area contributed by atoms with Gasteiger partial charge in [0.2, 0.25) is 0 Å². The van der Waals surface area contributed by atoms with E-state index in [2.05, 4.69) is 15.1 Å². The van der Waals surface area contributed by atoms with Gasteiger partial charge in [0, 0.05) is 6.20 Å². The predicted molar refractivity (Wildman–Crippen MR) is 48.6 cm³/mol. The topological polar surface area (TPSA) is 69.6 Å². The van der Waals surface area contributed by atoms with Crippen molar-refractivity contribution in [2.45, 2.75) is 6.18 Å². The molecule has 0 spiro atoms. The van der Waals surface area contributed by atoms with Crippen LogP contribution in [0.1, 0.15) is 5.69 Å². The summed E-state index contributed by atoms with van der Waals surface area (Å²) in [5.74, 6) is 0.116. The Hall–Kier alpha value is -2.12. The van der Waals surface area contributed by atoms with Crippen molar-refractivity contribution in [1.29, 1.82) is 0 Å². The van der Waals surface area contributed by atoms with Crippen LogP contribution in [0.25, 0.3) is 5.82 Å². The molecule has 0 radical (unpaired) electrons. The van der Waals surface area contributed by atoms with Crippen LogP contribution in [0.5, 0.6) is 0 Å². The first-order valence-electron chi connectivity index (χ1n) is 4.17. The molecule has 16 heavy (non-hydrogen) atoms. The van der Waals surface area contributed by atoms with Gasteiger partial charge in [-0.1, -0.05) is 0 Å². The summed E-state index contributed by atoms with van der Waals surface area (Å²) in [5.41, 5.74) is 4.66. The van der Waals surface area contributed by atoms with Gasteiger partial charge in [0.15, 0.2) is 11.5 Å². The number of anilines is 1. The van der Waals surface area contributed by atoms with Crippen LogP contribution in [0.15, 0.2) is 24.8 Å². The quantitative estimate of drug-likeness (QED) is 0.799. The van der Waals surface area contributed by atoms with Gasteiger partial charge in [0.25, 0.3) is 0 Å². The molecule has 0 aromatic carbocycles. The Bertz CT molecular complexity index is 504. The fourth-order valence-corrected chi connectivity index (χ4v) is 1.12. The van der Waals surface area contributed by atoms with Gasteiger partial charge < -0.3 is 5.73 Å². The van der Waals surface area contributed by atoms with Crippen LogP contribution in [0.3, 0.4) is 0 Å². The summed E-state index contributed by atoms with van der Waals surface area (Å²) in [6.45, 7) is 0. The Morgan fingerprint density at radius 1 is 1.31 bits per heavy atom. The summed E-state index contributed by atoms with van der Waals surface area (Å²) in [7, 11) is 0. The number of nitrogens with two attached hydrogens (primary N) is 1. The Kier molecular flexibility index (Phi) is 2.26. The minimum absolute atomic E-state index is 0.116. The van der Waals surface area contributed by atoms with E-state index >= 15 is 0 Å². The lowest BCUT2D eigenvalue weighted by molar-refractivity contribution is -0.141. The van der Waals surface area contributed by atoms with Crippen LogP contribution < -0.4 is 5.73 Å². The van der Waals surface area contributed by atoms with E-state index in [1.165, 1.54) is 12.5 Å². The molecule has 0 bridgehead atoms. The van der Waals surface area contributed by atoms with E-state index in [0.717, 1.165) is 16.9 Å². The summed E-state index contributed by atoms with van der Waals surface area (Å²) in [5, 5.41) is 3.33. The SMILES string of the molecule is Nc1cncnc1-n1ccc(C(F)(F)F)n1. The third-order valence-electron chi connectivity index (χ3n) is 1.82. The molecule has 8 heteroatoms. The van der Waals surface area contributed by atoms with Crippen LogP contribution in [0.4, 0.5) is 18.9 Å². The minimum atomic E-state index is -4.48. The average molecular weight is 229 g/mol. The van der Waals surface area contributed by atoms with Crippen molar-refractivity contribution in [3.63, 3.8) is 0 Å². The van der Waals surface area contributed by atoms with Gasteiger partial charge in [-0.25, -0.2) is 14.6 Å². The number of rotatable bonds is 1. The third-order valence-corrected chi connectivity index (χ3v) is 1.82. The van der Waals surface area contributed by atoms with Crippen molar-refractivity contribution >= 4 is 5.69 Å². The van der Waals surface area contributed by atoms with Crippen molar-refractivity contribution in [1.82, 2.24) is 19.7 Å². The maximum atomic E-state index is 12.3. The van der Waals surface area contributed by atoms with Crippen molar-refractivity contribution in [3.05, 3.63) is 30.5 Å². The van der Waals surface area contributed by atoms with Crippen LogP contribution in [0.2, 0.25) is 0 Å². The Morgan fingerprint density at radius 2 is 2.06 bits per heavy atom. The minimum Gasteiger partial charge on any atom is -0.394 e. The van der Waals surface area contributed by atoms with Crippen molar-refractivity contribution in [3.8, 4) is 5.82 Å². The monoisotopic (exact) mass is 229 g/mol. The fourth-order valence-electron chi connectivity index (χ4n) is 1.12. The standard InChI is InChI=1S/C8H6F3N5/c9-8(10,11)6-1-2-16(15-6)7-5(12)3-13-4-14-7/h1-4H,12H2. The van der Waals surface area contributed by atoms with E-state index in [-0.39, 0.29) is 11.5 Å². The molecule has 5 nitrogen and oxygen atoms in total. The number of hydrogen-bond donors (Lipinski definition) is 1. The molecule has 0 fully saturated rings. The Labute approximate surface area is 87.7 Å². The summed E-state index contributed by atoms with van der Waals surface area (Å²) in [4.78, 5) is 7.37. The van der Waals surface area contributed by atoms with E-state index in [9.17, 15) is 13.2 Å².